The smallest absolute Gasteiger partial charge is 0.292 e. The fourth-order valence-electron chi connectivity index (χ4n) is 1.75. The molecule has 0 bridgehead atoms. The third-order valence-electron chi connectivity index (χ3n) is 2.86. The molecule has 0 aromatic carbocycles. The van der Waals surface area contributed by atoms with Gasteiger partial charge in [-0.3, -0.25) is 19.3 Å². The van der Waals surface area contributed by atoms with E-state index in [4.69, 9.17) is 0 Å². The van der Waals surface area contributed by atoms with Gasteiger partial charge in [-0.25, -0.2) is 0 Å². The van der Waals surface area contributed by atoms with E-state index in [1.54, 1.807) is 29.2 Å². The van der Waals surface area contributed by atoms with Crippen LogP contribution < -0.4 is 5.32 Å². The summed E-state index contributed by atoms with van der Waals surface area (Å²) in [5.74, 6) is -1.17. The maximum absolute atomic E-state index is 11.8. The van der Waals surface area contributed by atoms with E-state index < -0.39 is 11.7 Å². The van der Waals surface area contributed by atoms with Crippen LogP contribution in [0.2, 0.25) is 0 Å². The minimum absolute atomic E-state index is 0.104. The van der Waals surface area contributed by atoms with Gasteiger partial charge in [0.05, 0.1) is 0 Å². The molecule has 0 saturated heterocycles. The molecule has 0 unspecified atom stereocenters. The van der Waals surface area contributed by atoms with E-state index in [0.29, 0.717) is 18.5 Å². The molecule has 0 aliphatic heterocycles. The second kappa shape index (κ2) is 6.60. The second-order valence-corrected chi connectivity index (χ2v) is 4.50. The molecule has 6 nitrogen and oxygen atoms in total. The van der Waals surface area contributed by atoms with Gasteiger partial charge in [-0.2, -0.15) is 5.10 Å². The van der Waals surface area contributed by atoms with E-state index in [1.807, 2.05) is 19.2 Å². The Hall–Kier alpha value is -2.50. The third-order valence-corrected chi connectivity index (χ3v) is 2.86. The van der Waals surface area contributed by atoms with Gasteiger partial charge in [0, 0.05) is 42.9 Å². The van der Waals surface area contributed by atoms with Crippen molar-refractivity contribution in [2.45, 2.75) is 25.9 Å². The summed E-state index contributed by atoms with van der Waals surface area (Å²) in [6.45, 7) is 2.55. The molecule has 1 N–H and O–H groups in total. The molecule has 2 rings (SSSR count). The molecule has 0 aliphatic carbocycles. The lowest BCUT2D eigenvalue weighted by atomic mass is 10.1. The van der Waals surface area contributed by atoms with E-state index in [0.717, 1.165) is 0 Å². The number of carbonyl (C=O) groups is 2. The van der Waals surface area contributed by atoms with Crippen LogP contribution in [-0.4, -0.2) is 32.5 Å². The monoisotopic (exact) mass is 272 g/mol. The number of rotatable bonds is 6. The summed E-state index contributed by atoms with van der Waals surface area (Å²) in [6, 6.07) is 4.94. The molecule has 2 aromatic rings. The second-order valence-electron chi connectivity index (χ2n) is 4.50. The van der Waals surface area contributed by atoms with Crippen LogP contribution in [-0.2, 0) is 11.3 Å². The molecule has 0 saturated carbocycles. The summed E-state index contributed by atoms with van der Waals surface area (Å²) in [6.07, 6.45) is 7.20. The number of pyridine rings is 1. The molecule has 2 heterocycles. The predicted octanol–water partition coefficient (Wildman–Crippen LogP) is 1.06. The highest BCUT2D eigenvalue weighted by Crippen LogP contribution is 2.00. The Kier molecular flexibility index (Phi) is 4.60. The van der Waals surface area contributed by atoms with Crippen LogP contribution in [0, 0.1) is 0 Å². The number of aryl methyl sites for hydroxylation is 1. The third kappa shape index (κ3) is 3.74. The maximum atomic E-state index is 11.8. The fourth-order valence-corrected chi connectivity index (χ4v) is 1.75. The van der Waals surface area contributed by atoms with Crippen LogP contribution in [0.1, 0.15) is 23.7 Å². The highest BCUT2D eigenvalue weighted by atomic mass is 16.2. The van der Waals surface area contributed by atoms with Crippen molar-refractivity contribution in [3.05, 3.63) is 48.5 Å². The number of nitrogens with zero attached hydrogens (tertiary/aromatic N) is 3. The molecule has 20 heavy (non-hydrogen) atoms. The van der Waals surface area contributed by atoms with Crippen molar-refractivity contribution in [3.8, 4) is 0 Å². The Morgan fingerprint density at radius 1 is 1.35 bits per heavy atom. The first kappa shape index (κ1) is 13.9. The van der Waals surface area contributed by atoms with Crippen LogP contribution in [0.4, 0.5) is 0 Å². The molecule has 2 aromatic heterocycles. The molecule has 0 fully saturated rings. The van der Waals surface area contributed by atoms with Crippen molar-refractivity contribution in [1.29, 1.82) is 0 Å². The predicted molar refractivity (Wildman–Crippen MR) is 73.0 cm³/mol. The first-order valence-electron chi connectivity index (χ1n) is 6.39. The molecule has 0 aliphatic rings. The zero-order valence-corrected chi connectivity index (χ0v) is 11.2. The van der Waals surface area contributed by atoms with Crippen LogP contribution in [0.5, 0.6) is 0 Å². The van der Waals surface area contributed by atoms with Gasteiger partial charge < -0.3 is 5.32 Å². The van der Waals surface area contributed by atoms with Crippen LogP contribution in [0.3, 0.4) is 0 Å². The summed E-state index contributed by atoms with van der Waals surface area (Å²) in [5.41, 5.74) is 0.296. The van der Waals surface area contributed by atoms with Gasteiger partial charge in [-0.05, 0) is 31.5 Å². The molecular formula is C14H16N4O2. The number of amides is 1. The van der Waals surface area contributed by atoms with E-state index >= 15 is 0 Å². The van der Waals surface area contributed by atoms with Gasteiger partial charge in [0.1, 0.15) is 0 Å². The van der Waals surface area contributed by atoms with Crippen molar-refractivity contribution in [2.75, 3.05) is 0 Å². The Bertz CT molecular complexity index is 566. The van der Waals surface area contributed by atoms with Gasteiger partial charge in [-0.1, -0.05) is 0 Å². The maximum Gasteiger partial charge on any atom is 0.292 e. The van der Waals surface area contributed by atoms with Crippen molar-refractivity contribution >= 4 is 11.7 Å². The summed E-state index contributed by atoms with van der Waals surface area (Å²) in [5, 5.41) is 6.76. The Labute approximate surface area is 116 Å². The van der Waals surface area contributed by atoms with Gasteiger partial charge >= 0.3 is 0 Å². The molecule has 6 heteroatoms. The summed E-state index contributed by atoms with van der Waals surface area (Å²) >= 11 is 0. The molecule has 1 amide bonds. The Morgan fingerprint density at radius 2 is 2.20 bits per heavy atom. The van der Waals surface area contributed by atoms with Crippen LogP contribution in [0.15, 0.2) is 43.0 Å². The van der Waals surface area contributed by atoms with E-state index in [1.165, 1.54) is 6.20 Å². The lowest BCUT2D eigenvalue weighted by Gasteiger charge is -2.13. The number of ketones is 1. The molecule has 104 valence electrons. The summed E-state index contributed by atoms with van der Waals surface area (Å²) < 4.78 is 1.78. The first-order chi connectivity index (χ1) is 9.66. The van der Waals surface area contributed by atoms with Gasteiger partial charge in [0.15, 0.2) is 0 Å². The van der Waals surface area contributed by atoms with Crippen molar-refractivity contribution in [3.63, 3.8) is 0 Å². The van der Waals surface area contributed by atoms with Crippen molar-refractivity contribution in [1.82, 2.24) is 20.1 Å². The van der Waals surface area contributed by atoms with Gasteiger partial charge in [-0.15, -0.1) is 0 Å². The quantitative estimate of drug-likeness (QED) is 0.630. The van der Waals surface area contributed by atoms with Crippen LogP contribution in [0.25, 0.3) is 0 Å². The number of aromatic nitrogens is 3. The highest BCUT2D eigenvalue weighted by molar-refractivity contribution is 6.42. The summed E-state index contributed by atoms with van der Waals surface area (Å²) in [7, 11) is 0. The Balaban J connectivity index is 1.83. The summed E-state index contributed by atoms with van der Waals surface area (Å²) in [4.78, 5) is 27.5. The van der Waals surface area contributed by atoms with Crippen molar-refractivity contribution < 1.29 is 9.59 Å². The number of hydrogen-bond acceptors (Lipinski definition) is 4. The minimum Gasteiger partial charge on any atom is -0.347 e. The van der Waals surface area contributed by atoms with Crippen molar-refractivity contribution in [2.24, 2.45) is 0 Å². The van der Waals surface area contributed by atoms with Gasteiger partial charge in [0.2, 0.25) is 0 Å². The molecule has 0 radical (unpaired) electrons. The van der Waals surface area contributed by atoms with E-state index in [9.17, 15) is 9.59 Å². The standard InChI is InChI=1S/C14H16N4O2/c1-11(5-9-18-8-3-7-16-18)17-14(20)13(19)12-4-2-6-15-10-12/h2-4,6-8,10-11H,5,9H2,1H3,(H,17,20)/t11-/m1/s1. The topological polar surface area (TPSA) is 76.9 Å². The van der Waals surface area contributed by atoms with Crippen LogP contribution >= 0.6 is 0 Å². The SMILES string of the molecule is C[C@H](CCn1cccn1)NC(=O)C(=O)c1cccnc1. The average Bonchev–Trinajstić information content (AvgIpc) is 2.98. The number of Topliss-reactive ketones (excluding diaryl/α,β-unsaturated/α-hetero) is 1. The van der Waals surface area contributed by atoms with Gasteiger partial charge in [0.25, 0.3) is 11.7 Å². The minimum atomic E-state index is -0.606. The normalized spacial score (nSPS) is 11.8. The molecule has 1 atom stereocenters. The number of carbonyl (C=O) groups excluding carboxylic acids is 2. The highest BCUT2D eigenvalue weighted by Gasteiger charge is 2.18. The largest absolute Gasteiger partial charge is 0.347 e. The fraction of sp³-hybridized carbons (Fsp3) is 0.286. The average molecular weight is 272 g/mol. The zero-order chi connectivity index (χ0) is 14.4. The Morgan fingerprint density at radius 3 is 2.85 bits per heavy atom. The number of nitrogens with one attached hydrogen (secondary N) is 1. The lowest BCUT2D eigenvalue weighted by Crippen LogP contribution is -2.38. The van der Waals surface area contributed by atoms with E-state index in [-0.39, 0.29) is 6.04 Å². The zero-order valence-electron chi connectivity index (χ0n) is 11.2. The van der Waals surface area contributed by atoms with E-state index in [2.05, 4.69) is 15.4 Å². The molecule has 0 spiro atoms. The molecular weight excluding hydrogens is 256 g/mol. The first-order valence-corrected chi connectivity index (χ1v) is 6.39. The lowest BCUT2D eigenvalue weighted by molar-refractivity contribution is -0.117. The number of hydrogen-bond donors (Lipinski definition) is 1.